The summed E-state index contributed by atoms with van der Waals surface area (Å²) in [6.07, 6.45) is 1.13. The summed E-state index contributed by atoms with van der Waals surface area (Å²) in [6, 6.07) is 2.89. The Morgan fingerprint density at radius 2 is 1.66 bits per heavy atom. The predicted octanol–water partition coefficient (Wildman–Crippen LogP) is 5.67. The van der Waals surface area contributed by atoms with Crippen molar-refractivity contribution in [3.05, 3.63) is 39.0 Å². The highest BCUT2D eigenvalue weighted by Crippen LogP contribution is 2.39. The molecule has 5 nitrogen and oxygen atoms in total. The van der Waals surface area contributed by atoms with Crippen LogP contribution in [0.2, 0.25) is 10.0 Å². The summed E-state index contributed by atoms with van der Waals surface area (Å²) in [4.78, 5) is 12.1. The third-order valence-electron chi connectivity index (χ3n) is 4.75. The van der Waals surface area contributed by atoms with Gasteiger partial charge in [0.2, 0.25) is 0 Å². The zero-order valence-electron chi connectivity index (χ0n) is 17.8. The van der Waals surface area contributed by atoms with E-state index in [-0.39, 0.29) is 16.6 Å². The van der Waals surface area contributed by atoms with Crippen molar-refractivity contribution in [3.63, 3.8) is 0 Å². The average Bonchev–Trinajstić information content (AvgIpc) is 2.75. The first-order valence-electron chi connectivity index (χ1n) is 9.29. The van der Waals surface area contributed by atoms with E-state index in [0.29, 0.717) is 11.0 Å². The Labute approximate surface area is 182 Å². The van der Waals surface area contributed by atoms with Crippen molar-refractivity contribution in [1.82, 2.24) is 5.32 Å². The van der Waals surface area contributed by atoms with Crippen molar-refractivity contribution in [3.8, 4) is 0 Å². The minimum atomic E-state index is -0.724. The summed E-state index contributed by atoms with van der Waals surface area (Å²) in [7, 11) is -0.724. The molecule has 1 fully saturated rings. The van der Waals surface area contributed by atoms with Crippen molar-refractivity contribution in [2.45, 2.75) is 65.3 Å². The van der Waals surface area contributed by atoms with Crippen LogP contribution in [0.3, 0.4) is 0 Å². The Hall–Kier alpha value is -1.28. The minimum absolute atomic E-state index is 0.0956. The van der Waals surface area contributed by atoms with Gasteiger partial charge in [0.15, 0.2) is 5.82 Å². The number of hydrogen-bond acceptors (Lipinski definition) is 4. The molecule has 9 heteroatoms. The second-order valence-corrected chi connectivity index (χ2v) is 9.78. The fraction of sp³-hybridized carbons (Fsp3) is 0.550. The fourth-order valence-electron chi connectivity index (χ4n) is 2.56. The van der Waals surface area contributed by atoms with Crippen LogP contribution in [0, 0.1) is 5.82 Å². The highest BCUT2D eigenvalue weighted by atomic mass is 35.5. The van der Waals surface area contributed by atoms with E-state index in [4.69, 9.17) is 37.2 Å². The molecule has 0 spiro atoms. The van der Waals surface area contributed by atoms with Crippen LogP contribution < -0.4 is 5.32 Å². The zero-order valence-corrected chi connectivity index (χ0v) is 19.3. The SMILES string of the molecule is CC(C)(C)OC(=O)NCC(=Cc1cc(Cl)c(F)c(Cl)c1)B1OC(C)(C)C(C)(C)O1. The van der Waals surface area contributed by atoms with Gasteiger partial charge < -0.3 is 19.4 Å². The summed E-state index contributed by atoms with van der Waals surface area (Å²) in [5.74, 6) is -0.686. The average molecular weight is 446 g/mol. The number of hydrogen-bond donors (Lipinski definition) is 1. The molecule has 1 saturated heterocycles. The van der Waals surface area contributed by atoms with Gasteiger partial charge in [0.1, 0.15) is 5.60 Å². The van der Waals surface area contributed by atoms with Crippen LogP contribution in [0.5, 0.6) is 0 Å². The standard InChI is InChI=1S/C20H27BCl2FNO4/c1-18(2,3)27-17(26)25-11-13(21-28-19(4,5)20(6,7)29-21)8-12-9-14(22)16(24)15(23)10-12/h8-10H,11H2,1-7H3,(H,25,26). The lowest BCUT2D eigenvalue weighted by Gasteiger charge is -2.32. The van der Waals surface area contributed by atoms with Gasteiger partial charge in [-0.1, -0.05) is 29.3 Å². The van der Waals surface area contributed by atoms with Crippen LogP contribution in [0.1, 0.15) is 54.0 Å². The monoisotopic (exact) mass is 445 g/mol. The van der Waals surface area contributed by atoms with Gasteiger partial charge in [-0.15, -0.1) is 0 Å². The molecule has 1 aromatic carbocycles. The van der Waals surface area contributed by atoms with Crippen LogP contribution in [-0.2, 0) is 14.0 Å². The van der Waals surface area contributed by atoms with Crippen molar-refractivity contribution >= 4 is 42.5 Å². The maximum atomic E-state index is 13.8. The van der Waals surface area contributed by atoms with Gasteiger partial charge in [0.25, 0.3) is 0 Å². The maximum Gasteiger partial charge on any atom is 0.492 e. The molecule has 0 aromatic heterocycles. The summed E-state index contributed by atoms with van der Waals surface area (Å²) in [5.41, 5.74) is -0.608. The number of benzene rings is 1. The molecule has 1 aliphatic rings. The van der Waals surface area contributed by atoms with Gasteiger partial charge in [-0.3, -0.25) is 0 Å². The number of nitrogens with one attached hydrogen (secondary N) is 1. The number of amides is 1. The zero-order chi connectivity index (χ0) is 22.2. The first-order valence-corrected chi connectivity index (χ1v) is 10.0. The molecule has 1 N–H and O–H groups in total. The highest BCUT2D eigenvalue weighted by molar-refractivity contribution is 6.56. The molecule has 0 saturated carbocycles. The molecule has 0 aliphatic carbocycles. The van der Waals surface area contributed by atoms with Gasteiger partial charge in [-0.05, 0) is 71.6 Å². The van der Waals surface area contributed by atoms with E-state index in [9.17, 15) is 9.18 Å². The van der Waals surface area contributed by atoms with E-state index in [1.807, 2.05) is 27.7 Å². The summed E-state index contributed by atoms with van der Waals surface area (Å²) < 4.78 is 31.2. The van der Waals surface area contributed by atoms with Crippen molar-refractivity contribution in [2.24, 2.45) is 0 Å². The summed E-state index contributed by atoms with van der Waals surface area (Å²) in [5, 5.41) is 2.50. The molecule has 1 amide bonds. The normalized spacial score (nSPS) is 18.7. The molecule has 0 radical (unpaired) electrons. The van der Waals surface area contributed by atoms with Gasteiger partial charge in [-0.2, -0.15) is 0 Å². The topological polar surface area (TPSA) is 56.8 Å². The Morgan fingerprint density at radius 3 is 2.10 bits per heavy atom. The van der Waals surface area contributed by atoms with Gasteiger partial charge >= 0.3 is 13.2 Å². The van der Waals surface area contributed by atoms with E-state index in [0.717, 1.165) is 0 Å². The highest BCUT2D eigenvalue weighted by Gasteiger charge is 2.52. The molecule has 0 atom stereocenters. The van der Waals surface area contributed by atoms with E-state index in [1.54, 1.807) is 26.8 Å². The Morgan fingerprint density at radius 1 is 1.17 bits per heavy atom. The first-order chi connectivity index (χ1) is 13.1. The first kappa shape index (κ1) is 24.0. The molecule has 0 bridgehead atoms. The van der Waals surface area contributed by atoms with E-state index < -0.39 is 35.8 Å². The van der Waals surface area contributed by atoms with Crippen molar-refractivity contribution < 1.29 is 23.2 Å². The number of carbonyl (C=O) groups is 1. The van der Waals surface area contributed by atoms with Crippen LogP contribution in [0.4, 0.5) is 9.18 Å². The molecule has 2 rings (SSSR count). The second-order valence-electron chi connectivity index (χ2n) is 8.96. The maximum absolute atomic E-state index is 13.8. The molecule has 0 unspecified atom stereocenters. The summed E-state index contributed by atoms with van der Waals surface area (Å²) >= 11 is 11.8. The van der Waals surface area contributed by atoms with Crippen LogP contribution in [-0.4, -0.2) is 36.6 Å². The number of halogens is 3. The van der Waals surface area contributed by atoms with E-state index >= 15 is 0 Å². The minimum Gasteiger partial charge on any atom is -0.444 e. The molecule has 160 valence electrons. The number of carbonyl (C=O) groups excluding carboxylic acids is 1. The largest absolute Gasteiger partial charge is 0.492 e. The lowest BCUT2D eigenvalue weighted by molar-refractivity contribution is 0.00578. The fourth-order valence-corrected chi connectivity index (χ4v) is 3.06. The molecular weight excluding hydrogens is 419 g/mol. The molecule has 1 heterocycles. The number of ether oxygens (including phenoxy) is 1. The number of alkyl carbamates (subject to hydrolysis) is 1. The quantitative estimate of drug-likeness (QED) is 0.479. The van der Waals surface area contributed by atoms with Crippen LogP contribution in [0.25, 0.3) is 6.08 Å². The molecule has 1 aliphatic heterocycles. The smallest absolute Gasteiger partial charge is 0.444 e. The van der Waals surface area contributed by atoms with Gasteiger partial charge in [-0.25, -0.2) is 9.18 Å². The Balaban J connectivity index is 2.32. The van der Waals surface area contributed by atoms with Crippen LogP contribution in [0.15, 0.2) is 17.6 Å². The third-order valence-corrected chi connectivity index (χ3v) is 5.30. The third kappa shape index (κ3) is 6.11. The van der Waals surface area contributed by atoms with E-state index in [1.165, 1.54) is 12.1 Å². The number of rotatable bonds is 4. The van der Waals surface area contributed by atoms with Crippen molar-refractivity contribution in [1.29, 1.82) is 0 Å². The summed E-state index contributed by atoms with van der Waals surface area (Å²) in [6.45, 7) is 13.1. The lowest BCUT2D eigenvalue weighted by atomic mass is 9.77. The Kier molecular flexibility index (Phi) is 7.00. The van der Waals surface area contributed by atoms with Crippen molar-refractivity contribution in [2.75, 3.05) is 6.54 Å². The molecular formula is C20H27BCl2FNO4. The lowest BCUT2D eigenvalue weighted by Crippen LogP contribution is -2.41. The Bertz CT molecular complexity index is 782. The van der Waals surface area contributed by atoms with Crippen LogP contribution >= 0.6 is 23.2 Å². The van der Waals surface area contributed by atoms with Gasteiger partial charge in [0.05, 0.1) is 21.2 Å². The second kappa shape index (κ2) is 8.46. The predicted molar refractivity (Wildman–Crippen MR) is 115 cm³/mol. The molecule has 1 aromatic rings. The van der Waals surface area contributed by atoms with Gasteiger partial charge in [0, 0.05) is 6.54 Å². The van der Waals surface area contributed by atoms with E-state index in [2.05, 4.69) is 5.32 Å². The molecule has 29 heavy (non-hydrogen) atoms.